The molecule has 0 saturated carbocycles. The maximum atomic E-state index is 10.5. The van der Waals surface area contributed by atoms with Crippen LogP contribution in [0.1, 0.15) is 0 Å². The van der Waals surface area contributed by atoms with Crippen molar-refractivity contribution in [3.05, 3.63) is 85.5 Å². The van der Waals surface area contributed by atoms with E-state index < -0.39 is 14.2 Å². The highest BCUT2D eigenvalue weighted by atomic mass is 28.3. The van der Waals surface area contributed by atoms with E-state index in [0.29, 0.717) is 0 Å². The first-order valence-electron chi connectivity index (χ1n) is 7.37. The summed E-state index contributed by atoms with van der Waals surface area (Å²) >= 11 is 0. The highest BCUT2D eigenvalue weighted by molar-refractivity contribution is 7.04. The van der Waals surface area contributed by atoms with Crippen LogP contribution >= 0.6 is 0 Å². The van der Waals surface area contributed by atoms with Gasteiger partial charge in [-0.05, 0) is 6.04 Å². The molecule has 106 valence electrons. The lowest BCUT2D eigenvalue weighted by atomic mass is 10.2. The van der Waals surface area contributed by atoms with Crippen LogP contribution in [0.5, 0.6) is 0 Å². The van der Waals surface area contributed by atoms with Crippen LogP contribution in [0, 0.1) is 0 Å². The van der Waals surface area contributed by atoms with Crippen molar-refractivity contribution >= 4 is 18.4 Å². The van der Waals surface area contributed by atoms with Crippen LogP contribution in [0.25, 0.3) is 0 Å². The Balaban J connectivity index is 2.25. The summed E-state index contributed by atoms with van der Waals surface area (Å²) in [7, 11) is -2.08. The van der Waals surface area contributed by atoms with E-state index in [2.05, 4.69) is 73.3 Å². The third-order valence-corrected chi connectivity index (χ3v) is 9.86. The molecule has 0 unspecified atom stereocenters. The summed E-state index contributed by atoms with van der Waals surface area (Å²) in [6.45, 7) is 4.02. The predicted molar refractivity (Wildman–Crippen MR) is 91.8 cm³/mol. The molecule has 0 saturated heterocycles. The molecule has 1 aliphatic rings. The SMILES string of the molecule is C=C[C@H]1[C@H](O)C=CC[Si]1(c1ccccc1)c1ccccc1. The van der Waals surface area contributed by atoms with Gasteiger partial charge in [-0.1, -0.05) is 89.3 Å². The molecule has 1 aliphatic heterocycles. The second kappa shape index (κ2) is 5.84. The number of aliphatic hydroxyl groups excluding tert-OH is 1. The van der Waals surface area contributed by atoms with Gasteiger partial charge in [-0.3, -0.25) is 0 Å². The molecule has 1 heterocycles. The van der Waals surface area contributed by atoms with E-state index in [1.165, 1.54) is 10.4 Å². The summed E-state index contributed by atoms with van der Waals surface area (Å²) in [5, 5.41) is 13.2. The van der Waals surface area contributed by atoms with Crippen LogP contribution < -0.4 is 10.4 Å². The molecule has 0 bridgehead atoms. The van der Waals surface area contributed by atoms with Crippen molar-refractivity contribution in [1.29, 1.82) is 0 Å². The number of allylic oxidation sites excluding steroid dienone is 1. The van der Waals surface area contributed by atoms with Crippen LogP contribution in [-0.4, -0.2) is 19.3 Å². The molecule has 2 atom stereocenters. The number of aliphatic hydroxyl groups is 1. The molecule has 2 heteroatoms. The highest BCUT2D eigenvalue weighted by Crippen LogP contribution is 2.34. The van der Waals surface area contributed by atoms with Crippen molar-refractivity contribution in [1.82, 2.24) is 0 Å². The van der Waals surface area contributed by atoms with Crippen molar-refractivity contribution in [2.24, 2.45) is 0 Å². The molecule has 1 N–H and O–H groups in total. The molecule has 3 rings (SSSR count). The van der Waals surface area contributed by atoms with Gasteiger partial charge in [0.15, 0.2) is 0 Å². The van der Waals surface area contributed by atoms with E-state index >= 15 is 0 Å². The first kappa shape index (κ1) is 14.1. The van der Waals surface area contributed by atoms with Crippen LogP contribution in [0.2, 0.25) is 11.6 Å². The Hall–Kier alpha value is -1.90. The van der Waals surface area contributed by atoms with Crippen molar-refractivity contribution < 1.29 is 5.11 Å². The van der Waals surface area contributed by atoms with E-state index in [9.17, 15) is 5.11 Å². The Bertz CT molecular complexity index is 594. The molecular formula is C19H20OSi. The quantitative estimate of drug-likeness (QED) is 0.681. The van der Waals surface area contributed by atoms with E-state index in [-0.39, 0.29) is 5.54 Å². The van der Waals surface area contributed by atoms with Crippen molar-refractivity contribution in [2.75, 3.05) is 0 Å². The smallest absolute Gasteiger partial charge is 0.131 e. The second-order valence-electron chi connectivity index (χ2n) is 5.59. The number of hydrogen-bond donors (Lipinski definition) is 1. The fourth-order valence-electron chi connectivity index (χ4n) is 3.54. The first-order valence-corrected chi connectivity index (χ1v) is 9.66. The van der Waals surface area contributed by atoms with E-state index in [1.807, 2.05) is 12.2 Å². The van der Waals surface area contributed by atoms with Crippen molar-refractivity contribution in [3.63, 3.8) is 0 Å². The summed E-state index contributed by atoms with van der Waals surface area (Å²) in [6.07, 6.45) is 5.59. The van der Waals surface area contributed by atoms with E-state index in [4.69, 9.17) is 0 Å². The standard InChI is InChI=1S/C19H20OSi/c1-2-19-18(20)14-9-15-21(19,16-10-5-3-6-11-16)17-12-7-4-8-13-17/h2-14,18-20H,1,15H2/t18-,19+/m1/s1. The van der Waals surface area contributed by atoms with Gasteiger partial charge in [0.05, 0.1) is 6.10 Å². The third kappa shape index (κ3) is 2.31. The van der Waals surface area contributed by atoms with Gasteiger partial charge >= 0.3 is 0 Å². The zero-order chi connectivity index (χ0) is 14.7. The minimum atomic E-state index is -2.08. The lowest BCUT2D eigenvalue weighted by Crippen LogP contribution is -2.63. The van der Waals surface area contributed by atoms with Gasteiger partial charge in [-0.15, -0.1) is 6.58 Å². The van der Waals surface area contributed by atoms with E-state index in [1.54, 1.807) is 0 Å². The third-order valence-electron chi connectivity index (χ3n) is 4.54. The minimum Gasteiger partial charge on any atom is -0.389 e. The van der Waals surface area contributed by atoms with Crippen LogP contribution in [-0.2, 0) is 0 Å². The highest BCUT2D eigenvalue weighted by Gasteiger charge is 2.46. The van der Waals surface area contributed by atoms with Gasteiger partial charge in [0.2, 0.25) is 0 Å². The lowest BCUT2D eigenvalue weighted by molar-refractivity contribution is 0.223. The average Bonchev–Trinajstić information content (AvgIpc) is 2.56. The maximum absolute atomic E-state index is 10.5. The first-order chi connectivity index (χ1) is 10.3. The zero-order valence-electron chi connectivity index (χ0n) is 12.0. The Morgan fingerprint density at radius 2 is 1.48 bits per heavy atom. The molecule has 0 amide bonds. The summed E-state index contributed by atoms with van der Waals surface area (Å²) < 4.78 is 0. The van der Waals surface area contributed by atoms with E-state index in [0.717, 1.165) is 6.04 Å². The number of hydrogen-bond acceptors (Lipinski definition) is 1. The fraction of sp³-hybridized carbons (Fsp3) is 0.158. The molecule has 1 nitrogen and oxygen atoms in total. The van der Waals surface area contributed by atoms with Crippen LogP contribution in [0.4, 0.5) is 0 Å². The molecule has 21 heavy (non-hydrogen) atoms. The van der Waals surface area contributed by atoms with Crippen LogP contribution in [0.3, 0.4) is 0 Å². The minimum absolute atomic E-state index is 0.104. The summed E-state index contributed by atoms with van der Waals surface area (Å²) in [5.74, 6) is 0. The molecule has 0 fully saturated rings. The maximum Gasteiger partial charge on any atom is 0.131 e. The lowest BCUT2D eigenvalue weighted by Gasteiger charge is -2.42. The van der Waals surface area contributed by atoms with Gasteiger partial charge in [-0.25, -0.2) is 0 Å². The Labute approximate surface area is 127 Å². The molecule has 0 spiro atoms. The summed E-state index contributed by atoms with van der Waals surface area (Å²) in [4.78, 5) is 0. The molecule has 0 aromatic heterocycles. The zero-order valence-corrected chi connectivity index (χ0v) is 13.0. The summed E-state index contributed by atoms with van der Waals surface area (Å²) in [6, 6.07) is 22.3. The van der Waals surface area contributed by atoms with Crippen molar-refractivity contribution in [3.8, 4) is 0 Å². The number of benzene rings is 2. The molecule has 0 aliphatic carbocycles. The second-order valence-corrected chi connectivity index (χ2v) is 9.76. The summed E-state index contributed by atoms with van der Waals surface area (Å²) in [5.41, 5.74) is 0.104. The Morgan fingerprint density at radius 3 is 1.95 bits per heavy atom. The topological polar surface area (TPSA) is 20.2 Å². The van der Waals surface area contributed by atoms with Crippen molar-refractivity contribution in [2.45, 2.75) is 17.7 Å². The fourth-order valence-corrected chi connectivity index (χ4v) is 8.57. The van der Waals surface area contributed by atoms with Gasteiger partial charge in [0, 0.05) is 5.54 Å². The Morgan fingerprint density at radius 1 is 0.952 bits per heavy atom. The molecule has 2 aromatic rings. The molecular weight excluding hydrogens is 272 g/mol. The Kier molecular flexibility index (Phi) is 3.91. The monoisotopic (exact) mass is 292 g/mol. The molecule has 0 radical (unpaired) electrons. The van der Waals surface area contributed by atoms with Gasteiger partial charge in [-0.2, -0.15) is 0 Å². The largest absolute Gasteiger partial charge is 0.389 e. The number of rotatable bonds is 3. The normalized spacial score (nSPS) is 23.7. The average molecular weight is 292 g/mol. The van der Waals surface area contributed by atoms with Gasteiger partial charge in [0.25, 0.3) is 0 Å². The van der Waals surface area contributed by atoms with Crippen LogP contribution in [0.15, 0.2) is 85.5 Å². The van der Waals surface area contributed by atoms with Gasteiger partial charge in [0.1, 0.15) is 8.07 Å². The predicted octanol–water partition coefficient (Wildman–Crippen LogP) is 2.74. The van der Waals surface area contributed by atoms with Gasteiger partial charge < -0.3 is 5.11 Å². The molecule has 2 aromatic carbocycles.